The number of piperidine rings is 1. The molecular formula is C21H31N3O2. The zero-order valence-electron chi connectivity index (χ0n) is 16.0. The molecule has 5 heteroatoms. The third-order valence-electron chi connectivity index (χ3n) is 5.89. The van der Waals surface area contributed by atoms with Gasteiger partial charge in [-0.1, -0.05) is 36.8 Å². The van der Waals surface area contributed by atoms with Crippen LogP contribution in [0.15, 0.2) is 30.3 Å². The van der Waals surface area contributed by atoms with Crippen LogP contribution < -0.4 is 5.32 Å². The van der Waals surface area contributed by atoms with Crippen molar-refractivity contribution >= 4 is 11.8 Å². The van der Waals surface area contributed by atoms with Crippen LogP contribution in [0.4, 0.5) is 0 Å². The van der Waals surface area contributed by atoms with E-state index in [-0.39, 0.29) is 24.3 Å². The number of benzene rings is 1. The molecule has 2 fully saturated rings. The van der Waals surface area contributed by atoms with Crippen molar-refractivity contribution < 1.29 is 9.59 Å². The van der Waals surface area contributed by atoms with Gasteiger partial charge < -0.3 is 10.2 Å². The van der Waals surface area contributed by atoms with Gasteiger partial charge in [0.25, 0.3) is 0 Å². The van der Waals surface area contributed by atoms with E-state index in [0.717, 1.165) is 6.54 Å². The maximum absolute atomic E-state index is 12.3. The smallest absolute Gasteiger partial charge is 0.239 e. The maximum atomic E-state index is 12.3. The molecule has 2 amide bonds. The third kappa shape index (κ3) is 4.64. The number of nitrogens with one attached hydrogen (secondary N) is 1. The number of carbonyl (C=O) groups excluding carboxylic acids is 2. The van der Waals surface area contributed by atoms with Gasteiger partial charge in [-0.2, -0.15) is 0 Å². The highest BCUT2D eigenvalue weighted by Crippen LogP contribution is 2.27. The molecule has 2 aliphatic heterocycles. The maximum Gasteiger partial charge on any atom is 0.239 e. The van der Waals surface area contributed by atoms with Crippen molar-refractivity contribution in [2.45, 2.75) is 57.5 Å². The molecule has 1 N–H and O–H groups in total. The molecule has 5 nitrogen and oxygen atoms in total. The van der Waals surface area contributed by atoms with Crippen LogP contribution in [0, 0.1) is 0 Å². The topological polar surface area (TPSA) is 52.7 Å². The summed E-state index contributed by atoms with van der Waals surface area (Å²) in [5.41, 5.74) is 1.18. The standard InChI is InChI=1S/C21H31N3O2/c1-16-7-6-8-17(2)24(16)12-11-22-20(25)15-23-14-19(13-21(23)26)18-9-4-3-5-10-18/h3-5,9-10,16-17,19H,6-8,11-15H2,1-2H3,(H,22,25)/t16-,17+,19?. The zero-order valence-corrected chi connectivity index (χ0v) is 16.0. The SMILES string of the molecule is C[C@@H]1CCC[C@H](C)N1CCNC(=O)CN1CC(c2ccccc2)CC1=O. The Bertz CT molecular complexity index is 609. The Morgan fingerprint density at radius 3 is 2.54 bits per heavy atom. The minimum Gasteiger partial charge on any atom is -0.353 e. The van der Waals surface area contributed by atoms with E-state index in [1.54, 1.807) is 4.90 Å². The summed E-state index contributed by atoms with van der Waals surface area (Å²) in [6.45, 7) is 6.88. The Morgan fingerprint density at radius 1 is 1.15 bits per heavy atom. The lowest BCUT2D eigenvalue weighted by atomic mass is 9.98. The molecule has 26 heavy (non-hydrogen) atoms. The highest BCUT2D eigenvalue weighted by atomic mass is 16.2. The number of rotatable bonds is 6. The number of hydrogen-bond donors (Lipinski definition) is 1. The normalized spacial score (nSPS) is 26.9. The molecule has 0 radical (unpaired) electrons. The molecular weight excluding hydrogens is 326 g/mol. The second kappa shape index (κ2) is 8.67. The van der Waals surface area contributed by atoms with Crippen LogP contribution in [0.5, 0.6) is 0 Å². The molecule has 1 aromatic rings. The molecule has 3 rings (SSSR count). The van der Waals surface area contributed by atoms with Gasteiger partial charge >= 0.3 is 0 Å². The summed E-state index contributed by atoms with van der Waals surface area (Å²) in [4.78, 5) is 28.7. The van der Waals surface area contributed by atoms with Crippen LogP contribution in [0.2, 0.25) is 0 Å². The summed E-state index contributed by atoms with van der Waals surface area (Å²) in [5.74, 6) is 0.225. The van der Waals surface area contributed by atoms with Crippen molar-refractivity contribution in [3.05, 3.63) is 35.9 Å². The quantitative estimate of drug-likeness (QED) is 0.850. The highest BCUT2D eigenvalue weighted by molar-refractivity contribution is 5.86. The summed E-state index contributed by atoms with van der Waals surface area (Å²) < 4.78 is 0. The molecule has 0 bridgehead atoms. The first-order valence-corrected chi connectivity index (χ1v) is 9.89. The number of amides is 2. The van der Waals surface area contributed by atoms with Crippen molar-refractivity contribution in [1.82, 2.24) is 15.1 Å². The largest absolute Gasteiger partial charge is 0.353 e. The molecule has 142 valence electrons. The van der Waals surface area contributed by atoms with Crippen LogP contribution >= 0.6 is 0 Å². The zero-order chi connectivity index (χ0) is 18.5. The van der Waals surface area contributed by atoms with Crippen molar-refractivity contribution in [2.24, 2.45) is 0 Å². The predicted octanol–water partition coefficient (Wildman–Crippen LogP) is 2.38. The van der Waals surface area contributed by atoms with Gasteiger partial charge in [0.1, 0.15) is 0 Å². The summed E-state index contributed by atoms with van der Waals surface area (Å²) in [5, 5.41) is 3.00. The average molecular weight is 357 g/mol. The molecule has 2 heterocycles. The van der Waals surface area contributed by atoms with Gasteiger partial charge in [0.05, 0.1) is 6.54 Å². The van der Waals surface area contributed by atoms with Crippen molar-refractivity contribution in [1.29, 1.82) is 0 Å². The molecule has 0 aliphatic carbocycles. The fourth-order valence-corrected chi connectivity index (χ4v) is 4.34. The molecule has 0 saturated carbocycles. The number of likely N-dealkylation sites (tertiary alicyclic amines) is 2. The predicted molar refractivity (Wildman–Crippen MR) is 103 cm³/mol. The number of hydrogen-bond acceptors (Lipinski definition) is 3. The Balaban J connectivity index is 1.43. The molecule has 3 atom stereocenters. The van der Waals surface area contributed by atoms with Gasteiger partial charge in [0, 0.05) is 44.1 Å². The van der Waals surface area contributed by atoms with Crippen molar-refractivity contribution in [2.75, 3.05) is 26.2 Å². The fraction of sp³-hybridized carbons (Fsp3) is 0.619. The van der Waals surface area contributed by atoms with Gasteiger partial charge in [0.15, 0.2) is 0 Å². The Hall–Kier alpha value is -1.88. The lowest BCUT2D eigenvalue weighted by molar-refractivity contribution is -0.133. The Kier molecular flexibility index (Phi) is 6.30. The minimum atomic E-state index is -0.0515. The van der Waals surface area contributed by atoms with Gasteiger partial charge in [-0.15, -0.1) is 0 Å². The number of carbonyl (C=O) groups is 2. The molecule has 2 saturated heterocycles. The molecule has 1 unspecified atom stereocenters. The molecule has 2 aliphatic rings. The lowest BCUT2D eigenvalue weighted by Crippen LogP contribution is -2.48. The van der Waals surface area contributed by atoms with Crippen molar-refractivity contribution in [3.63, 3.8) is 0 Å². The van der Waals surface area contributed by atoms with Gasteiger partial charge in [0.2, 0.25) is 11.8 Å². The first-order valence-electron chi connectivity index (χ1n) is 9.89. The summed E-state index contributed by atoms with van der Waals surface area (Å²) >= 11 is 0. The third-order valence-corrected chi connectivity index (χ3v) is 5.89. The van der Waals surface area contributed by atoms with Gasteiger partial charge in [-0.3, -0.25) is 14.5 Å². The number of nitrogens with zero attached hydrogens (tertiary/aromatic N) is 2. The first-order chi connectivity index (χ1) is 12.5. The highest BCUT2D eigenvalue weighted by Gasteiger charge is 2.31. The summed E-state index contributed by atoms with van der Waals surface area (Å²) in [6.07, 6.45) is 4.27. The van der Waals surface area contributed by atoms with Crippen molar-refractivity contribution in [3.8, 4) is 0 Å². The van der Waals surface area contributed by atoms with Crippen LogP contribution in [0.3, 0.4) is 0 Å². The van der Waals surface area contributed by atoms with Crippen LogP contribution in [0.25, 0.3) is 0 Å². The minimum absolute atomic E-state index is 0.0515. The molecule has 0 spiro atoms. The van der Waals surface area contributed by atoms with E-state index in [1.165, 1.54) is 24.8 Å². The average Bonchev–Trinajstić information content (AvgIpc) is 2.99. The second-order valence-corrected chi connectivity index (χ2v) is 7.80. The fourth-order valence-electron chi connectivity index (χ4n) is 4.34. The van der Waals surface area contributed by atoms with E-state index in [2.05, 4.69) is 36.2 Å². The Labute approximate surface area is 156 Å². The molecule has 1 aromatic carbocycles. The van der Waals surface area contributed by atoms with Crippen LogP contribution in [-0.4, -0.2) is 59.9 Å². The van der Waals surface area contributed by atoms with Gasteiger partial charge in [-0.25, -0.2) is 0 Å². The van der Waals surface area contributed by atoms with Gasteiger partial charge in [-0.05, 0) is 32.3 Å². The van der Waals surface area contributed by atoms with Crippen LogP contribution in [0.1, 0.15) is 51.0 Å². The van der Waals surface area contributed by atoms with E-state index in [0.29, 0.717) is 31.6 Å². The van der Waals surface area contributed by atoms with E-state index in [1.807, 2.05) is 18.2 Å². The summed E-state index contributed by atoms with van der Waals surface area (Å²) in [7, 11) is 0. The summed E-state index contributed by atoms with van der Waals surface area (Å²) in [6, 6.07) is 11.3. The van der Waals surface area contributed by atoms with E-state index >= 15 is 0 Å². The monoisotopic (exact) mass is 357 g/mol. The van der Waals surface area contributed by atoms with E-state index in [4.69, 9.17) is 0 Å². The first kappa shape index (κ1) is 18.9. The van der Waals surface area contributed by atoms with E-state index < -0.39 is 0 Å². The van der Waals surface area contributed by atoms with Crippen LogP contribution in [-0.2, 0) is 9.59 Å². The Morgan fingerprint density at radius 2 is 1.85 bits per heavy atom. The second-order valence-electron chi connectivity index (χ2n) is 7.80. The lowest BCUT2D eigenvalue weighted by Gasteiger charge is -2.39. The molecule has 0 aromatic heterocycles. The van der Waals surface area contributed by atoms with E-state index in [9.17, 15) is 9.59 Å².